The maximum Gasteiger partial charge on any atom is 0.237 e. The summed E-state index contributed by atoms with van der Waals surface area (Å²) in [5, 5.41) is 0. The zero-order valence-corrected chi connectivity index (χ0v) is 5.53. The Kier molecular flexibility index (Phi) is 2.04. The van der Waals surface area contributed by atoms with Gasteiger partial charge in [-0.05, 0) is 6.08 Å². The molecule has 0 unspecified atom stereocenters. The van der Waals surface area contributed by atoms with Crippen LogP contribution in [0.3, 0.4) is 0 Å². The van der Waals surface area contributed by atoms with E-state index in [2.05, 4.69) is 4.99 Å². The van der Waals surface area contributed by atoms with E-state index in [1.54, 1.807) is 17.4 Å². The fraction of sp³-hybridized carbons (Fsp3) is 0.333. The number of carbonyl (C=O) groups excluding carboxylic acids is 1. The van der Waals surface area contributed by atoms with Crippen LogP contribution in [0.5, 0.6) is 0 Å². The summed E-state index contributed by atoms with van der Waals surface area (Å²) in [4.78, 5) is 15.9. The molecule has 0 bridgehead atoms. The van der Waals surface area contributed by atoms with Gasteiger partial charge in [-0.25, -0.2) is 0 Å². The molecule has 0 saturated carbocycles. The summed E-state index contributed by atoms with van der Waals surface area (Å²) in [6.07, 6.45) is 5.26. The number of primary amides is 1. The van der Waals surface area contributed by atoms with E-state index in [9.17, 15) is 4.79 Å². The predicted octanol–water partition coefficient (Wildman–Crippen LogP) is -0.671. The van der Waals surface area contributed by atoms with Crippen LogP contribution in [0.1, 0.15) is 0 Å². The smallest absolute Gasteiger partial charge is 0.237 e. The van der Waals surface area contributed by atoms with Gasteiger partial charge in [-0.1, -0.05) is 0 Å². The molecule has 0 aliphatic carbocycles. The van der Waals surface area contributed by atoms with Gasteiger partial charge in [0, 0.05) is 6.20 Å². The van der Waals surface area contributed by atoms with Gasteiger partial charge in [-0.2, -0.15) is 0 Å². The Labute approximate surface area is 59.0 Å². The predicted molar refractivity (Wildman–Crippen MR) is 38.4 cm³/mol. The first kappa shape index (κ1) is 6.80. The lowest BCUT2D eigenvalue weighted by molar-refractivity contribution is -0.117. The van der Waals surface area contributed by atoms with Crippen molar-refractivity contribution in [2.45, 2.75) is 0 Å². The number of aliphatic imine (C=N–C) groups is 1. The summed E-state index contributed by atoms with van der Waals surface area (Å²) in [7, 11) is 0. The Balaban J connectivity index is 2.40. The molecule has 2 N–H and O–H groups in total. The molecule has 1 amide bonds. The topological polar surface area (TPSA) is 58.7 Å². The van der Waals surface area contributed by atoms with Gasteiger partial charge >= 0.3 is 0 Å². The van der Waals surface area contributed by atoms with Gasteiger partial charge in [-0.3, -0.25) is 9.79 Å². The Hall–Kier alpha value is -1.32. The molecule has 0 atom stereocenters. The minimum absolute atomic E-state index is 0.208. The van der Waals surface area contributed by atoms with Crippen molar-refractivity contribution in [3.8, 4) is 0 Å². The highest BCUT2D eigenvalue weighted by Crippen LogP contribution is 1.91. The van der Waals surface area contributed by atoms with Crippen LogP contribution in [0.2, 0.25) is 0 Å². The van der Waals surface area contributed by atoms with Crippen molar-refractivity contribution in [3.05, 3.63) is 12.3 Å². The third kappa shape index (κ3) is 1.89. The second-order valence-corrected chi connectivity index (χ2v) is 2.00. The molecule has 0 radical (unpaired) electrons. The molecule has 0 spiro atoms. The first-order chi connectivity index (χ1) is 4.79. The van der Waals surface area contributed by atoms with E-state index in [1.807, 2.05) is 6.08 Å². The van der Waals surface area contributed by atoms with Crippen LogP contribution in [0.25, 0.3) is 0 Å². The Morgan fingerprint density at radius 1 is 1.80 bits per heavy atom. The molecule has 54 valence electrons. The molecule has 1 aliphatic heterocycles. The lowest BCUT2D eigenvalue weighted by atomic mass is 10.5. The monoisotopic (exact) mass is 139 g/mol. The van der Waals surface area contributed by atoms with Crippen molar-refractivity contribution in [3.63, 3.8) is 0 Å². The quantitative estimate of drug-likeness (QED) is 0.551. The van der Waals surface area contributed by atoms with Crippen molar-refractivity contribution >= 4 is 12.2 Å². The highest BCUT2D eigenvalue weighted by molar-refractivity contribution is 5.79. The number of carbonyl (C=O) groups is 1. The zero-order chi connectivity index (χ0) is 7.40. The first-order valence-corrected chi connectivity index (χ1v) is 2.99. The normalized spacial score (nSPS) is 15.8. The third-order valence-electron chi connectivity index (χ3n) is 1.08. The summed E-state index contributed by atoms with van der Waals surface area (Å²) in [5.74, 6) is -0.349. The zero-order valence-electron chi connectivity index (χ0n) is 5.53. The van der Waals surface area contributed by atoms with Crippen LogP contribution in [0.15, 0.2) is 17.3 Å². The SMILES string of the molecule is NC(=O)CN1C=CCN=C1. The number of hydrogen-bond donors (Lipinski definition) is 1. The van der Waals surface area contributed by atoms with E-state index < -0.39 is 0 Å². The molecule has 0 fully saturated rings. The molecule has 0 aromatic carbocycles. The molecule has 10 heavy (non-hydrogen) atoms. The van der Waals surface area contributed by atoms with Crippen molar-refractivity contribution in [1.29, 1.82) is 0 Å². The minimum atomic E-state index is -0.349. The molecule has 4 heteroatoms. The van der Waals surface area contributed by atoms with Crippen molar-refractivity contribution in [2.24, 2.45) is 10.7 Å². The van der Waals surface area contributed by atoms with Gasteiger partial charge in [0.05, 0.1) is 12.9 Å². The van der Waals surface area contributed by atoms with Crippen LogP contribution in [-0.4, -0.2) is 30.2 Å². The van der Waals surface area contributed by atoms with Crippen LogP contribution in [0.4, 0.5) is 0 Å². The van der Waals surface area contributed by atoms with Crippen molar-refractivity contribution in [1.82, 2.24) is 4.90 Å². The van der Waals surface area contributed by atoms with E-state index in [1.165, 1.54) is 0 Å². The number of amides is 1. The first-order valence-electron chi connectivity index (χ1n) is 2.99. The average Bonchev–Trinajstić information content (AvgIpc) is 1.88. The maximum atomic E-state index is 10.4. The molecule has 1 rings (SSSR count). The summed E-state index contributed by atoms with van der Waals surface area (Å²) < 4.78 is 0. The summed E-state index contributed by atoms with van der Waals surface area (Å²) >= 11 is 0. The highest BCUT2D eigenvalue weighted by Gasteiger charge is 2.00. The second kappa shape index (κ2) is 3.00. The van der Waals surface area contributed by atoms with E-state index >= 15 is 0 Å². The summed E-state index contributed by atoms with van der Waals surface area (Å²) in [6.45, 7) is 0.898. The second-order valence-electron chi connectivity index (χ2n) is 2.00. The van der Waals surface area contributed by atoms with E-state index in [4.69, 9.17) is 5.73 Å². The minimum Gasteiger partial charge on any atom is -0.368 e. The largest absolute Gasteiger partial charge is 0.368 e. The fourth-order valence-electron chi connectivity index (χ4n) is 0.707. The molecule has 1 aliphatic rings. The van der Waals surface area contributed by atoms with Gasteiger partial charge in [0.15, 0.2) is 0 Å². The van der Waals surface area contributed by atoms with Gasteiger partial charge < -0.3 is 10.6 Å². The van der Waals surface area contributed by atoms with E-state index in [-0.39, 0.29) is 12.5 Å². The van der Waals surface area contributed by atoms with E-state index in [0.29, 0.717) is 6.54 Å². The number of nitrogens with two attached hydrogens (primary N) is 1. The van der Waals surface area contributed by atoms with Gasteiger partial charge in [0.2, 0.25) is 5.91 Å². The fourth-order valence-corrected chi connectivity index (χ4v) is 0.707. The van der Waals surface area contributed by atoms with Gasteiger partial charge in [0.25, 0.3) is 0 Å². The number of nitrogens with zero attached hydrogens (tertiary/aromatic N) is 2. The van der Waals surface area contributed by atoms with Crippen molar-refractivity contribution < 1.29 is 4.79 Å². The maximum absolute atomic E-state index is 10.4. The highest BCUT2D eigenvalue weighted by atomic mass is 16.1. The molecular weight excluding hydrogens is 130 g/mol. The number of hydrogen-bond acceptors (Lipinski definition) is 3. The molecule has 1 heterocycles. The molecule has 0 saturated heterocycles. The van der Waals surface area contributed by atoms with Crippen LogP contribution in [-0.2, 0) is 4.79 Å². The average molecular weight is 139 g/mol. The molecule has 0 aromatic rings. The molecule has 4 nitrogen and oxygen atoms in total. The Morgan fingerprint density at radius 2 is 2.60 bits per heavy atom. The lowest BCUT2D eigenvalue weighted by Crippen LogP contribution is -2.29. The molecule has 0 aromatic heterocycles. The summed E-state index contributed by atoms with van der Waals surface area (Å²) in [6, 6.07) is 0. The van der Waals surface area contributed by atoms with Crippen molar-refractivity contribution in [2.75, 3.05) is 13.1 Å². The van der Waals surface area contributed by atoms with Crippen LogP contribution in [0, 0.1) is 0 Å². The van der Waals surface area contributed by atoms with E-state index in [0.717, 1.165) is 0 Å². The van der Waals surface area contributed by atoms with Gasteiger partial charge in [-0.15, -0.1) is 0 Å². The molecular formula is C6H9N3O. The Morgan fingerprint density at radius 3 is 3.10 bits per heavy atom. The van der Waals surface area contributed by atoms with Gasteiger partial charge in [0.1, 0.15) is 6.54 Å². The third-order valence-corrected chi connectivity index (χ3v) is 1.08. The number of rotatable bonds is 2. The Bertz CT molecular complexity index is 173. The standard InChI is InChI=1S/C6H9N3O/c7-6(10)4-9-3-1-2-8-5-9/h1,3,5H,2,4H2,(H2,7,10). The summed E-state index contributed by atoms with van der Waals surface area (Å²) in [5.41, 5.74) is 4.95. The van der Waals surface area contributed by atoms with Crippen LogP contribution >= 0.6 is 0 Å². The lowest BCUT2D eigenvalue weighted by Gasteiger charge is -2.13. The van der Waals surface area contributed by atoms with Crippen LogP contribution < -0.4 is 5.73 Å².